The first-order valence-corrected chi connectivity index (χ1v) is 8.20. The molecule has 2 rings (SSSR count). The van der Waals surface area contributed by atoms with Crippen LogP contribution in [0, 0.1) is 6.92 Å². The molecule has 3 nitrogen and oxygen atoms in total. The second kappa shape index (κ2) is 7.20. The van der Waals surface area contributed by atoms with Crippen molar-refractivity contribution in [2.24, 2.45) is 0 Å². The van der Waals surface area contributed by atoms with E-state index in [1.807, 2.05) is 26.1 Å². The van der Waals surface area contributed by atoms with Gasteiger partial charge in [0.25, 0.3) is 0 Å². The van der Waals surface area contributed by atoms with E-state index in [9.17, 15) is 0 Å². The van der Waals surface area contributed by atoms with E-state index in [0.717, 1.165) is 28.8 Å². The number of nitrogens with zero attached hydrogens (tertiary/aromatic N) is 1. The molecule has 0 radical (unpaired) electrons. The van der Waals surface area contributed by atoms with Gasteiger partial charge in [0.15, 0.2) is 0 Å². The van der Waals surface area contributed by atoms with E-state index in [1.54, 1.807) is 18.4 Å². The van der Waals surface area contributed by atoms with Gasteiger partial charge in [-0.2, -0.15) is 0 Å². The molecule has 5 heteroatoms. The molecule has 1 unspecified atom stereocenters. The monoisotopic (exact) mass is 354 g/mol. The molecule has 0 amide bonds. The van der Waals surface area contributed by atoms with Gasteiger partial charge in [-0.25, -0.2) is 4.98 Å². The Hall–Kier alpha value is -0.910. The average Bonchev–Trinajstić information content (AvgIpc) is 2.83. The lowest BCUT2D eigenvalue weighted by molar-refractivity contribution is 0.405. The summed E-state index contributed by atoms with van der Waals surface area (Å²) in [7, 11) is 3.71. The number of aromatic nitrogens is 1. The average molecular weight is 355 g/mol. The summed E-state index contributed by atoms with van der Waals surface area (Å²) in [4.78, 5) is 4.54. The molecule has 1 N–H and O–H groups in total. The number of likely N-dealkylation sites (N-methyl/N-ethyl adjacent to an activating group) is 1. The van der Waals surface area contributed by atoms with Crippen molar-refractivity contribution in [3.05, 3.63) is 44.3 Å². The standard InChI is InChI=1S/C15H19BrN2OS/c1-10-9-20-15(18-10)8-13(17-2)7-11-6-12(16)4-5-14(11)19-3/h4-6,9,13,17H,7-8H2,1-3H3. The third kappa shape index (κ3) is 4.04. The Kier molecular flexibility index (Phi) is 5.57. The highest BCUT2D eigenvalue weighted by atomic mass is 79.9. The molecule has 1 heterocycles. The van der Waals surface area contributed by atoms with Gasteiger partial charge in [-0.15, -0.1) is 11.3 Å². The zero-order valence-corrected chi connectivity index (χ0v) is 14.3. The van der Waals surface area contributed by atoms with Crippen molar-refractivity contribution in [1.82, 2.24) is 10.3 Å². The third-order valence-corrected chi connectivity index (χ3v) is 4.69. The van der Waals surface area contributed by atoms with Crippen LogP contribution in [0.15, 0.2) is 28.1 Å². The summed E-state index contributed by atoms with van der Waals surface area (Å²) in [5, 5.41) is 6.65. The Morgan fingerprint density at radius 2 is 2.20 bits per heavy atom. The van der Waals surface area contributed by atoms with E-state index in [-0.39, 0.29) is 0 Å². The maximum atomic E-state index is 5.44. The zero-order valence-electron chi connectivity index (χ0n) is 11.9. The highest BCUT2D eigenvalue weighted by molar-refractivity contribution is 9.10. The van der Waals surface area contributed by atoms with Gasteiger partial charge in [-0.3, -0.25) is 0 Å². The van der Waals surface area contributed by atoms with Gasteiger partial charge in [0.2, 0.25) is 0 Å². The van der Waals surface area contributed by atoms with Gasteiger partial charge in [0, 0.05) is 28.0 Å². The minimum absolute atomic E-state index is 0.351. The third-order valence-electron chi connectivity index (χ3n) is 3.20. The smallest absolute Gasteiger partial charge is 0.122 e. The van der Waals surface area contributed by atoms with Gasteiger partial charge in [-0.1, -0.05) is 15.9 Å². The van der Waals surface area contributed by atoms with Crippen molar-refractivity contribution in [1.29, 1.82) is 0 Å². The van der Waals surface area contributed by atoms with E-state index in [1.165, 1.54) is 10.6 Å². The summed E-state index contributed by atoms with van der Waals surface area (Å²) in [6.45, 7) is 2.03. The molecule has 1 atom stereocenters. The molecule has 0 saturated carbocycles. The first-order chi connectivity index (χ1) is 9.62. The number of methoxy groups -OCH3 is 1. The SMILES string of the molecule is CNC(Cc1nc(C)cs1)Cc1cc(Br)ccc1OC. The van der Waals surface area contributed by atoms with Crippen molar-refractivity contribution < 1.29 is 4.74 Å². The molecular formula is C15H19BrN2OS. The highest BCUT2D eigenvalue weighted by Gasteiger charge is 2.14. The number of hydrogen-bond donors (Lipinski definition) is 1. The van der Waals surface area contributed by atoms with Crippen LogP contribution in [0.2, 0.25) is 0 Å². The molecular weight excluding hydrogens is 336 g/mol. The van der Waals surface area contributed by atoms with E-state index in [4.69, 9.17) is 4.74 Å². The summed E-state index contributed by atoms with van der Waals surface area (Å²) in [5.74, 6) is 0.934. The largest absolute Gasteiger partial charge is 0.496 e. The number of ether oxygens (including phenoxy) is 1. The summed E-state index contributed by atoms with van der Waals surface area (Å²) < 4.78 is 6.52. The lowest BCUT2D eigenvalue weighted by Gasteiger charge is -2.17. The molecule has 1 aromatic carbocycles. The fraction of sp³-hybridized carbons (Fsp3) is 0.400. The number of benzene rings is 1. The van der Waals surface area contributed by atoms with Crippen LogP contribution < -0.4 is 10.1 Å². The van der Waals surface area contributed by atoms with E-state index in [2.05, 4.69) is 37.7 Å². The first kappa shape index (κ1) is 15.5. The second-order valence-electron chi connectivity index (χ2n) is 4.73. The Labute approximate surface area is 132 Å². The zero-order chi connectivity index (χ0) is 14.5. The lowest BCUT2D eigenvalue weighted by atomic mass is 10.0. The van der Waals surface area contributed by atoms with Gasteiger partial charge in [0.05, 0.1) is 12.1 Å². The molecule has 108 valence electrons. The van der Waals surface area contributed by atoms with Crippen LogP contribution in [-0.2, 0) is 12.8 Å². The fourth-order valence-corrected chi connectivity index (χ4v) is 3.42. The topological polar surface area (TPSA) is 34.2 Å². The molecule has 0 aliphatic rings. The minimum atomic E-state index is 0.351. The number of hydrogen-bond acceptors (Lipinski definition) is 4. The molecule has 0 saturated heterocycles. The van der Waals surface area contributed by atoms with Gasteiger partial charge >= 0.3 is 0 Å². The van der Waals surface area contributed by atoms with Crippen molar-refractivity contribution in [3.63, 3.8) is 0 Å². The van der Waals surface area contributed by atoms with Gasteiger partial charge < -0.3 is 10.1 Å². The number of nitrogens with one attached hydrogen (secondary N) is 1. The summed E-state index contributed by atoms with van der Waals surface area (Å²) in [6.07, 6.45) is 1.85. The van der Waals surface area contributed by atoms with Crippen LogP contribution in [0.1, 0.15) is 16.3 Å². The Bertz CT molecular complexity index is 571. The van der Waals surface area contributed by atoms with Crippen molar-refractivity contribution in [2.75, 3.05) is 14.2 Å². The molecule has 0 spiro atoms. The van der Waals surface area contributed by atoms with Crippen molar-refractivity contribution in [2.45, 2.75) is 25.8 Å². The maximum absolute atomic E-state index is 5.44. The molecule has 0 aliphatic heterocycles. The molecule has 2 aromatic rings. The van der Waals surface area contributed by atoms with E-state index < -0.39 is 0 Å². The summed E-state index contributed by atoms with van der Waals surface area (Å²) >= 11 is 5.25. The van der Waals surface area contributed by atoms with Crippen molar-refractivity contribution in [3.8, 4) is 5.75 Å². The van der Waals surface area contributed by atoms with Crippen LogP contribution >= 0.6 is 27.3 Å². The molecule has 1 aromatic heterocycles. The normalized spacial score (nSPS) is 12.4. The Morgan fingerprint density at radius 3 is 2.80 bits per heavy atom. The second-order valence-corrected chi connectivity index (χ2v) is 6.59. The highest BCUT2D eigenvalue weighted by Crippen LogP contribution is 2.25. The first-order valence-electron chi connectivity index (χ1n) is 6.53. The number of rotatable bonds is 6. The van der Waals surface area contributed by atoms with Crippen LogP contribution in [0.4, 0.5) is 0 Å². The molecule has 0 aliphatic carbocycles. The van der Waals surface area contributed by atoms with E-state index in [0.29, 0.717) is 6.04 Å². The Balaban J connectivity index is 2.11. The number of thiazole rings is 1. The quantitative estimate of drug-likeness (QED) is 0.860. The van der Waals surface area contributed by atoms with E-state index >= 15 is 0 Å². The molecule has 0 bridgehead atoms. The summed E-state index contributed by atoms with van der Waals surface area (Å²) in [6, 6.07) is 6.47. The molecule has 20 heavy (non-hydrogen) atoms. The number of aryl methyl sites for hydroxylation is 1. The van der Waals surface area contributed by atoms with Crippen LogP contribution in [-0.4, -0.2) is 25.2 Å². The minimum Gasteiger partial charge on any atom is -0.496 e. The van der Waals surface area contributed by atoms with Crippen LogP contribution in [0.3, 0.4) is 0 Å². The molecule has 0 fully saturated rings. The predicted molar refractivity (Wildman–Crippen MR) is 87.8 cm³/mol. The number of halogens is 1. The predicted octanol–water partition coefficient (Wildman–Crippen LogP) is 3.60. The van der Waals surface area contributed by atoms with Gasteiger partial charge in [-0.05, 0) is 44.2 Å². The van der Waals surface area contributed by atoms with Crippen LogP contribution in [0.25, 0.3) is 0 Å². The maximum Gasteiger partial charge on any atom is 0.122 e. The summed E-state index contributed by atoms with van der Waals surface area (Å²) in [5.41, 5.74) is 2.30. The fourth-order valence-electron chi connectivity index (χ4n) is 2.16. The van der Waals surface area contributed by atoms with Gasteiger partial charge in [0.1, 0.15) is 5.75 Å². The van der Waals surface area contributed by atoms with Crippen LogP contribution in [0.5, 0.6) is 5.75 Å². The Morgan fingerprint density at radius 1 is 1.40 bits per heavy atom. The lowest BCUT2D eigenvalue weighted by Crippen LogP contribution is -2.30. The van der Waals surface area contributed by atoms with Crippen molar-refractivity contribution >= 4 is 27.3 Å².